The molecule has 3 saturated heterocycles. The summed E-state index contributed by atoms with van der Waals surface area (Å²) in [4.78, 5) is 17.2. The first-order valence-corrected chi connectivity index (χ1v) is 11.0. The highest BCUT2D eigenvalue weighted by molar-refractivity contribution is 7.91. The van der Waals surface area contributed by atoms with Crippen molar-refractivity contribution in [2.75, 3.05) is 60.6 Å². The molecule has 3 fully saturated rings. The molecule has 142 valence electrons. The molecule has 1 aromatic rings. The number of likely N-dealkylation sites (tertiary alicyclic amines) is 1. The molecule has 0 saturated carbocycles. The van der Waals surface area contributed by atoms with Crippen LogP contribution in [0.15, 0.2) is 24.3 Å². The number of sulfone groups is 1. The van der Waals surface area contributed by atoms with Gasteiger partial charge in [-0.15, -0.1) is 0 Å². The third-order valence-corrected chi connectivity index (χ3v) is 7.68. The summed E-state index contributed by atoms with van der Waals surface area (Å²) in [5.41, 5.74) is 2.32. The molecule has 0 bridgehead atoms. The third kappa shape index (κ3) is 3.34. The summed E-state index contributed by atoms with van der Waals surface area (Å²) < 4.78 is 23.1. The normalized spacial score (nSPS) is 28.1. The summed E-state index contributed by atoms with van der Waals surface area (Å²) in [6, 6.07) is 8.33. The van der Waals surface area contributed by atoms with E-state index < -0.39 is 15.9 Å². The van der Waals surface area contributed by atoms with E-state index >= 15 is 0 Å². The lowest BCUT2D eigenvalue weighted by Crippen LogP contribution is -2.40. The third-order valence-electron chi connectivity index (χ3n) is 6.07. The summed E-state index contributed by atoms with van der Waals surface area (Å²) in [5, 5.41) is 9.20. The quantitative estimate of drug-likeness (QED) is 0.839. The molecule has 1 amide bonds. The average Bonchev–Trinajstić information content (AvgIpc) is 3.23. The van der Waals surface area contributed by atoms with Gasteiger partial charge in [0.15, 0.2) is 9.84 Å². The lowest BCUT2D eigenvalue weighted by molar-refractivity contribution is 0.150. The highest BCUT2D eigenvalue weighted by atomic mass is 32.2. The van der Waals surface area contributed by atoms with Crippen molar-refractivity contribution in [2.24, 2.45) is 5.41 Å². The molecular weight excluding hydrogens is 354 g/mol. The van der Waals surface area contributed by atoms with Crippen LogP contribution in [0.1, 0.15) is 12.8 Å². The minimum absolute atomic E-state index is 0.0955. The molecule has 3 aliphatic rings. The van der Waals surface area contributed by atoms with Gasteiger partial charge in [0.1, 0.15) is 0 Å². The molecule has 0 aliphatic carbocycles. The zero-order valence-corrected chi connectivity index (χ0v) is 15.6. The number of rotatable bonds is 2. The van der Waals surface area contributed by atoms with Gasteiger partial charge >= 0.3 is 6.09 Å². The molecule has 1 N–H and O–H groups in total. The smallest absolute Gasteiger partial charge is 0.407 e. The fourth-order valence-corrected chi connectivity index (χ4v) is 5.63. The number of anilines is 2. The van der Waals surface area contributed by atoms with Crippen LogP contribution in [0.3, 0.4) is 0 Å². The Morgan fingerprint density at radius 1 is 0.885 bits per heavy atom. The van der Waals surface area contributed by atoms with Gasteiger partial charge in [-0.1, -0.05) is 0 Å². The molecule has 26 heavy (non-hydrogen) atoms. The van der Waals surface area contributed by atoms with E-state index in [2.05, 4.69) is 34.1 Å². The van der Waals surface area contributed by atoms with Crippen LogP contribution in [-0.2, 0) is 9.84 Å². The lowest BCUT2D eigenvalue weighted by atomic mass is 9.86. The monoisotopic (exact) mass is 379 g/mol. The first kappa shape index (κ1) is 17.5. The maximum absolute atomic E-state index is 11.6. The topological polar surface area (TPSA) is 81.2 Å². The van der Waals surface area contributed by atoms with E-state index in [9.17, 15) is 18.3 Å². The second-order valence-electron chi connectivity index (χ2n) is 7.78. The Bertz CT molecular complexity index is 781. The van der Waals surface area contributed by atoms with Crippen LogP contribution in [0.25, 0.3) is 0 Å². The van der Waals surface area contributed by atoms with Gasteiger partial charge < -0.3 is 19.8 Å². The van der Waals surface area contributed by atoms with E-state index in [0.717, 1.165) is 37.3 Å². The first-order chi connectivity index (χ1) is 12.4. The van der Waals surface area contributed by atoms with Crippen LogP contribution in [0.5, 0.6) is 0 Å². The van der Waals surface area contributed by atoms with Crippen molar-refractivity contribution < 1.29 is 18.3 Å². The number of carbonyl (C=O) groups is 1. The van der Waals surface area contributed by atoms with Gasteiger partial charge in [0.2, 0.25) is 0 Å². The van der Waals surface area contributed by atoms with E-state index in [4.69, 9.17) is 0 Å². The molecule has 8 heteroatoms. The van der Waals surface area contributed by atoms with Gasteiger partial charge in [-0.2, -0.15) is 0 Å². The predicted octanol–water partition coefficient (Wildman–Crippen LogP) is 1.50. The van der Waals surface area contributed by atoms with Crippen molar-refractivity contribution in [3.05, 3.63) is 24.3 Å². The second-order valence-corrected chi connectivity index (χ2v) is 10.1. The zero-order chi connectivity index (χ0) is 18.4. The Hall–Kier alpha value is -1.96. The van der Waals surface area contributed by atoms with Crippen molar-refractivity contribution in [2.45, 2.75) is 12.8 Å². The van der Waals surface area contributed by atoms with E-state index in [-0.39, 0.29) is 16.9 Å². The molecule has 1 atom stereocenters. The van der Waals surface area contributed by atoms with E-state index in [0.29, 0.717) is 26.2 Å². The van der Waals surface area contributed by atoms with Crippen LogP contribution >= 0.6 is 0 Å². The number of amides is 1. The van der Waals surface area contributed by atoms with Crippen molar-refractivity contribution in [3.63, 3.8) is 0 Å². The van der Waals surface area contributed by atoms with Gasteiger partial charge in [-0.05, 0) is 37.1 Å². The van der Waals surface area contributed by atoms with Gasteiger partial charge in [0.05, 0.1) is 11.5 Å². The molecule has 1 spiro atoms. The van der Waals surface area contributed by atoms with Gasteiger partial charge in [0.25, 0.3) is 0 Å². The Kier molecular flexibility index (Phi) is 4.25. The number of benzene rings is 1. The van der Waals surface area contributed by atoms with Gasteiger partial charge in [-0.3, -0.25) is 0 Å². The Balaban J connectivity index is 1.40. The summed E-state index contributed by atoms with van der Waals surface area (Å²) in [6.45, 7) is 4.24. The van der Waals surface area contributed by atoms with Crippen LogP contribution in [0.2, 0.25) is 0 Å². The van der Waals surface area contributed by atoms with Crippen molar-refractivity contribution in [1.82, 2.24) is 4.90 Å². The maximum Gasteiger partial charge on any atom is 0.407 e. The van der Waals surface area contributed by atoms with Crippen LogP contribution < -0.4 is 9.80 Å². The fourth-order valence-electron chi connectivity index (χ4n) is 4.43. The Morgan fingerprint density at radius 3 is 2.04 bits per heavy atom. The maximum atomic E-state index is 11.6. The van der Waals surface area contributed by atoms with Crippen LogP contribution in [0, 0.1) is 5.41 Å². The average molecular weight is 379 g/mol. The standard InChI is InChI=1S/C18H25N3O4S/c22-17(23)21-8-6-18(14-21)5-7-20(13-18)16-3-1-15(2-4-16)19-9-11-26(24,25)12-10-19/h1-4H,5-14H2,(H,22,23). The minimum atomic E-state index is -2.86. The second kappa shape index (κ2) is 6.33. The van der Waals surface area contributed by atoms with Gasteiger partial charge in [0, 0.05) is 56.1 Å². The Labute approximate surface area is 154 Å². The number of nitrogens with zero attached hydrogens (tertiary/aromatic N) is 3. The zero-order valence-electron chi connectivity index (χ0n) is 14.8. The predicted molar refractivity (Wildman–Crippen MR) is 101 cm³/mol. The molecule has 3 aliphatic heterocycles. The largest absolute Gasteiger partial charge is 0.465 e. The molecule has 0 radical (unpaired) electrons. The molecule has 3 heterocycles. The summed E-state index contributed by atoms with van der Waals surface area (Å²) >= 11 is 0. The first-order valence-electron chi connectivity index (χ1n) is 9.14. The summed E-state index contributed by atoms with van der Waals surface area (Å²) in [6.07, 6.45) is 1.16. The fraction of sp³-hybridized carbons (Fsp3) is 0.611. The SMILES string of the molecule is O=C(O)N1CCC2(CCN(c3ccc(N4CCS(=O)(=O)CC4)cc3)C2)C1. The van der Waals surface area contributed by atoms with Gasteiger partial charge in [-0.25, -0.2) is 13.2 Å². The highest BCUT2D eigenvalue weighted by Crippen LogP contribution is 2.41. The van der Waals surface area contributed by atoms with E-state index in [1.165, 1.54) is 4.90 Å². The number of hydrogen-bond acceptors (Lipinski definition) is 5. The summed E-state index contributed by atoms with van der Waals surface area (Å²) in [7, 11) is -2.86. The highest BCUT2D eigenvalue weighted by Gasteiger charge is 2.44. The molecule has 4 rings (SSSR count). The van der Waals surface area contributed by atoms with Crippen LogP contribution in [0.4, 0.5) is 16.2 Å². The van der Waals surface area contributed by atoms with Crippen molar-refractivity contribution >= 4 is 27.3 Å². The van der Waals surface area contributed by atoms with Crippen molar-refractivity contribution in [1.29, 1.82) is 0 Å². The van der Waals surface area contributed by atoms with Crippen molar-refractivity contribution in [3.8, 4) is 0 Å². The lowest BCUT2D eigenvalue weighted by Gasteiger charge is -2.29. The molecule has 0 aromatic heterocycles. The number of carboxylic acid groups (broad SMARTS) is 1. The Morgan fingerprint density at radius 2 is 1.46 bits per heavy atom. The van der Waals surface area contributed by atoms with E-state index in [1.54, 1.807) is 0 Å². The molecule has 1 aromatic carbocycles. The number of hydrogen-bond donors (Lipinski definition) is 1. The summed E-state index contributed by atoms with van der Waals surface area (Å²) in [5.74, 6) is 0.451. The van der Waals surface area contributed by atoms with E-state index in [1.807, 2.05) is 0 Å². The molecule has 7 nitrogen and oxygen atoms in total. The minimum Gasteiger partial charge on any atom is -0.465 e. The molecule has 1 unspecified atom stereocenters. The van der Waals surface area contributed by atoms with Crippen LogP contribution in [-0.4, -0.2) is 75.3 Å². The molecular formula is C18H25N3O4S.